The molecule has 21 heavy (non-hydrogen) atoms. The number of carbonyl (C=O) groups is 1. The molecule has 1 heterocycles. The minimum Gasteiger partial charge on any atom is -0.325 e. The molecule has 0 unspecified atom stereocenters. The van der Waals surface area contributed by atoms with E-state index in [1.54, 1.807) is 6.07 Å². The largest absolute Gasteiger partial charge is 0.325 e. The van der Waals surface area contributed by atoms with Crippen LogP contribution in [-0.4, -0.2) is 26.4 Å². The maximum absolute atomic E-state index is 12.4. The van der Waals surface area contributed by atoms with Crippen LogP contribution in [0.5, 0.6) is 0 Å². The predicted octanol–water partition coefficient (Wildman–Crippen LogP) is 1.10. The number of anilines is 1. The zero-order chi connectivity index (χ0) is 15.3. The molecule has 4 N–H and O–H groups in total. The zero-order valence-corrected chi connectivity index (χ0v) is 13.7. The normalized spacial score (nSPS) is 19.8. The van der Waals surface area contributed by atoms with Gasteiger partial charge < -0.3 is 11.1 Å². The summed E-state index contributed by atoms with van der Waals surface area (Å²) in [6, 6.07) is 3.15. The van der Waals surface area contributed by atoms with E-state index in [0.29, 0.717) is 15.7 Å². The number of nitrogens with one attached hydrogen (secondary N) is 2. The Bertz CT molecular complexity index is 714. The van der Waals surface area contributed by atoms with Crippen molar-refractivity contribution in [3.8, 4) is 0 Å². The second-order valence-corrected chi connectivity index (χ2v) is 8.29. The summed E-state index contributed by atoms with van der Waals surface area (Å²) in [5, 5.41) is 2.69. The fourth-order valence-electron chi connectivity index (χ4n) is 2.56. The first-order chi connectivity index (χ1) is 9.79. The van der Waals surface area contributed by atoms with Gasteiger partial charge in [-0.1, -0.05) is 0 Å². The molecule has 1 aromatic rings. The monoisotopic (exact) mass is 373 g/mol. The number of halogens is 1. The molecule has 6 nitrogen and oxygen atoms in total. The summed E-state index contributed by atoms with van der Waals surface area (Å²) in [5.41, 5.74) is 6.96. The molecule has 1 aliphatic heterocycles. The van der Waals surface area contributed by atoms with Gasteiger partial charge in [-0.2, -0.15) is 0 Å². The van der Waals surface area contributed by atoms with Gasteiger partial charge in [-0.3, -0.25) is 4.79 Å². The first kappa shape index (κ1) is 15.0. The quantitative estimate of drug-likeness (QED) is 0.735. The van der Waals surface area contributed by atoms with Crippen molar-refractivity contribution in [1.82, 2.24) is 4.72 Å². The van der Waals surface area contributed by atoms with E-state index < -0.39 is 15.6 Å². The number of fused-ring (bicyclic) bond motifs is 1. The summed E-state index contributed by atoms with van der Waals surface area (Å²) in [5.74, 6) is -0.130. The highest BCUT2D eigenvalue weighted by atomic mass is 79.9. The van der Waals surface area contributed by atoms with Gasteiger partial charge in [0.05, 0.1) is 11.3 Å². The molecule has 1 amide bonds. The number of benzene rings is 1. The molecule has 0 saturated heterocycles. The maximum atomic E-state index is 12.4. The molecule has 0 spiro atoms. The van der Waals surface area contributed by atoms with Gasteiger partial charge in [-0.25, -0.2) is 13.1 Å². The van der Waals surface area contributed by atoms with Gasteiger partial charge in [0, 0.05) is 22.2 Å². The highest BCUT2D eigenvalue weighted by molar-refractivity contribution is 9.10. The molecular formula is C13H16BrN3O3S. The molecular weight excluding hydrogens is 358 g/mol. The van der Waals surface area contributed by atoms with E-state index in [0.717, 1.165) is 19.3 Å². The van der Waals surface area contributed by atoms with Crippen LogP contribution in [0.3, 0.4) is 0 Å². The van der Waals surface area contributed by atoms with Crippen LogP contribution in [-0.2, 0) is 21.2 Å². The van der Waals surface area contributed by atoms with Crippen molar-refractivity contribution >= 4 is 37.5 Å². The van der Waals surface area contributed by atoms with E-state index in [1.807, 2.05) is 0 Å². The van der Waals surface area contributed by atoms with E-state index in [1.165, 1.54) is 6.07 Å². The van der Waals surface area contributed by atoms with Gasteiger partial charge in [0.25, 0.3) is 0 Å². The van der Waals surface area contributed by atoms with Crippen LogP contribution in [0.4, 0.5) is 5.69 Å². The van der Waals surface area contributed by atoms with Gasteiger partial charge in [0.1, 0.15) is 0 Å². The summed E-state index contributed by atoms with van der Waals surface area (Å²) in [4.78, 5) is 11.5. The molecule has 8 heteroatoms. The van der Waals surface area contributed by atoms with Crippen LogP contribution in [0.1, 0.15) is 24.8 Å². The number of rotatable bonds is 4. The minimum atomic E-state index is -3.66. The molecule has 1 fully saturated rings. The third kappa shape index (κ3) is 2.85. The molecule has 1 aliphatic carbocycles. The van der Waals surface area contributed by atoms with E-state index in [-0.39, 0.29) is 23.8 Å². The van der Waals surface area contributed by atoms with Crippen LogP contribution >= 0.6 is 15.9 Å². The van der Waals surface area contributed by atoms with Crippen molar-refractivity contribution in [3.63, 3.8) is 0 Å². The fraction of sp³-hybridized carbons (Fsp3) is 0.462. The Balaban J connectivity index is 1.85. The minimum absolute atomic E-state index is 0.130. The summed E-state index contributed by atoms with van der Waals surface area (Å²) in [6.45, 7) is 0.232. The van der Waals surface area contributed by atoms with Crippen LogP contribution in [0.2, 0.25) is 0 Å². The van der Waals surface area contributed by atoms with Crippen LogP contribution < -0.4 is 15.8 Å². The van der Waals surface area contributed by atoms with Gasteiger partial charge in [0.15, 0.2) is 0 Å². The molecule has 0 atom stereocenters. The van der Waals surface area contributed by atoms with Crippen molar-refractivity contribution in [1.29, 1.82) is 0 Å². The first-order valence-corrected chi connectivity index (χ1v) is 8.98. The molecule has 1 saturated carbocycles. The Morgan fingerprint density at radius 2 is 2.10 bits per heavy atom. The first-order valence-electron chi connectivity index (χ1n) is 6.70. The number of nitrogens with two attached hydrogens (primary N) is 1. The summed E-state index contributed by atoms with van der Waals surface area (Å²) >= 11 is 3.26. The van der Waals surface area contributed by atoms with Gasteiger partial charge >= 0.3 is 0 Å². The Hall–Kier alpha value is -0.960. The Labute approximate surface area is 131 Å². The third-order valence-electron chi connectivity index (χ3n) is 4.04. The molecule has 3 rings (SSSR count). The fourth-order valence-corrected chi connectivity index (χ4v) is 4.78. The highest BCUT2D eigenvalue weighted by Gasteiger charge is 2.34. The number of amides is 1. The van der Waals surface area contributed by atoms with E-state index in [4.69, 9.17) is 5.73 Å². The molecule has 114 valence electrons. The Morgan fingerprint density at radius 3 is 2.71 bits per heavy atom. The second kappa shape index (κ2) is 5.05. The van der Waals surface area contributed by atoms with E-state index in [9.17, 15) is 13.2 Å². The highest BCUT2D eigenvalue weighted by Crippen LogP contribution is 2.33. The Kier molecular flexibility index (Phi) is 3.59. The summed E-state index contributed by atoms with van der Waals surface area (Å²) in [7, 11) is -3.66. The number of hydrogen-bond donors (Lipinski definition) is 3. The average Bonchev–Trinajstić information content (AvgIpc) is 2.72. The summed E-state index contributed by atoms with van der Waals surface area (Å²) in [6.07, 6.45) is 2.90. The number of sulfonamides is 1. The lowest BCUT2D eigenvalue weighted by Gasteiger charge is -2.38. The van der Waals surface area contributed by atoms with Crippen LogP contribution in [0.25, 0.3) is 0 Å². The Morgan fingerprint density at radius 1 is 1.38 bits per heavy atom. The van der Waals surface area contributed by atoms with Gasteiger partial charge in [-0.05, 0) is 52.9 Å². The topological polar surface area (TPSA) is 101 Å². The smallest absolute Gasteiger partial charge is 0.241 e. The molecule has 2 aliphatic rings. The van der Waals surface area contributed by atoms with Crippen LogP contribution in [0.15, 0.2) is 21.5 Å². The van der Waals surface area contributed by atoms with Gasteiger partial charge in [0.2, 0.25) is 15.9 Å². The van der Waals surface area contributed by atoms with Crippen molar-refractivity contribution in [3.05, 3.63) is 22.2 Å². The van der Waals surface area contributed by atoms with Crippen molar-refractivity contribution < 1.29 is 13.2 Å². The lowest BCUT2D eigenvalue weighted by molar-refractivity contribution is -0.115. The SMILES string of the molecule is NC1(CNS(=O)(=O)c2cc3c(cc2Br)NC(=O)C3)CCC1. The lowest BCUT2D eigenvalue weighted by Crippen LogP contribution is -2.54. The second-order valence-electron chi connectivity index (χ2n) is 5.71. The van der Waals surface area contributed by atoms with Crippen molar-refractivity contribution in [2.24, 2.45) is 5.73 Å². The summed E-state index contributed by atoms with van der Waals surface area (Å²) < 4.78 is 27.8. The van der Waals surface area contributed by atoms with Gasteiger partial charge in [-0.15, -0.1) is 0 Å². The average molecular weight is 374 g/mol. The lowest BCUT2D eigenvalue weighted by atomic mass is 9.78. The zero-order valence-electron chi connectivity index (χ0n) is 11.3. The predicted molar refractivity (Wildman–Crippen MR) is 82.4 cm³/mol. The van der Waals surface area contributed by atoms with Crippen molar-refractivity contribution in [2.45, 2.75) is 36.1 Å². The molecule has 0 aromatic heterocycles. The van der Waals surface area contributed by atoms with Crippen molar-refractivity contribution in [2.75, 3.05) is 11.9 Å². The van der Waals surface area contributed by atoms with E-state index in [2.05, 4.69) is 26.0 Å². The molecule has 0 bridgehead atoms. The van der Waals surface area contributed by atoms with Crippen LogP contribution in [0, 0.1) is 0 Å². The maximum Gasteiger partial charge on any atom is 0.241 e. The van der Waals surface area contributed by atoms with E-state index >= 15 is 0 Å². The third-order valence-corrected chi connectivity index (χ3v) is 6.40. The number of carbonyl (C=O) groups excluding carboxylic acids is 1. The number of hydrogen-bond acceptors (Lipinski definition) is 4. The molecule has 0 radical (unpaired) electrons. The molecule has 1 aromatic carbocycles. The standard InChI is InChI=1S/C13H16BrN3O3S/c14-9-6-10-8(5-12(18)17-10)4-11(9)21(19,20)16-7-13(15)2-1-3-13/h4,6,16H,1-3,5,7,15H2,(H,17,18).